The molecule has 15 heavy (non-hydrogen) atoms. The maximum atomic E-state index is 8.73. The van der Waals surface area contributed by atoms with Crippen LogP contribution in [-0.2, 0) is 0 Å². The van der Waals surface area contributed by atoms with E-state index in [1.165, 1.54) is 0 Å². The van der Waals surface area contributed by atoms with Crippen LogP contribution in [0.2, 0.25) is 0 Å². The fourth-order valence-electron chi connectivity index (χ4n) is 1.25. The van der Waals surface area contributed by atoms with Gasteiger partial charge in [-0.15, -0.1) is 0 Å². The summed E-state index contributed by atoms with van der Waals surface area (Å²) in [4.78, 5) is 7.95. The van der Waals surface area contributed by atoms with Gasteiger partial charge in [-0.1, -0.05) is 19.8 Å². The number of hydrogen-bond donors (Lipinski definition) is 0. The van der Waals surface area contributed by atoms with Crippen LogP contribution in [0.3, 0.4) is 0 Å². The molecule has 4 nitrogen and oxygen atoms in total. The van der Waals surface area contributed by atoms with Crippen LogP contribution in [0.4, 0.5) is 0 Å². The SMILES string of the molecule is CCCCC1C=NC(C#N)=C(C#N)N=C1. The Morgan fingerprint density at radius 2 is 1.73 bits per heavy atom. The molecule has 0 spiro atoms. The molecule has 0 aromatic heterocycles. The minimum absolute atomic E-state index is 0.104. The standard InChI is InChI=1S/C11H12N4/c1-2-3-4-9-7-14-10(5-12)11(6-13)15-8-9/h7-9H,2-4H2,1H3. The molecule has 0 saturated carbocycles. The molecule has 1 rings (SSSR count). The molecule has 0 bridgehead atoms. The quantitative estimate of drug-likeness (QED) is 0.700. The smallest absolute Gasteiger partial charge is 0.176 e. The number of nitriles is 2. The minimum atomic E-state index is 0.104. The summed E-state index contributed by atoms with van der Waals surface area (Å²) in [6, 6.07) is 3.73. The first-order valence-corrected chi connectivity index (χ1v) is 4.94. The van der Waals surface area contributed by atoms with Crippen molar-refractivity contribution in [2.75, 3.05) is 0 Å². The zero-order chi connectivity index (χ0) is 11.1. The Balaban J connectivity index is 2.80. The Morgan fingerprint density at radius 1 is 1.20 bits per heavy atom. The first kappa shape index (κ1) is 11.1. The van der Waals surface area contributed by atoms with E-state index in [2.05, 4.69) is 16.9 Å². The van der Waals surface area contributed by atoms with Crippen molar-refractivity contribution in [3.63, 3.8) is 0 Å². The van der Waals surface area contributed by atoms with E-state index in [1.807, 2.05) is 12.1 Å². The van der Waals surface area contributed by atoms with E-state index in [1.54, 1.807) is 12.4 Å². The lowest BCUT2D eigenvalue weighted by atomic mass is 10.1. The van der Waals surface area contributed by atoms with Gasteiger partial charge < -0.3 is 0 Å². The summed E-state index contributed by atoms with van der Waals surface area (Å²) in [6.45, 7) is 2.12. The summed E-state index contributed by atoms with van der Waals surface area (Å²) in [5, 5.41) is 17.5. The summed E-state index contributed by atoms with van der Waals surface area (Å²) in [7, 11) is 0. The average molecular weight is 200 g/mol. The molecule has 1 aliphatic heterocycles. The molecule has 1 heterocycles. The normalized spacial score (nSPS) is 15.9. The van der Waals surface area contributed by atoms with Gasteiger partial charge >= 0.3 is 0 Å². The number of aliphatic imine (C=N–C) groups is 2. The molecule has 1 aliphatic rings. The topological polar surface area (TPSA) is 72.3 Å². The third-order valence-corrected chi connectivity index (χ3v) is 2.12. The number of unbranched alkanes of at least 4 members (excludes halogenated alkanes) is 1. The highest BCUT2D eigenvalue weighted by Crippen LogP contribution is 2.13. The monoisotopic (exact) mass is 200 g/mol. The number of hydrogen-bond acceptors (Lipinski definition) is 4. The van der Waals surface area contributed by atoms with E-state index >= 15 is 0 Å². The summed E-state index contributed by atoms with van der Waals surface area (Å²) < 4.78 is 0. The molecule has 0 N–H and O–H groups in total. The molecule has 0 radical (unpaired) electrons. The van der Waals surface area contributed by atoms with Crippen LogP contribution >= 0.6 is 0 Å². The van der Waals surface area contributed by atoms with Crippen LogP contribution in [0.15, 0.2) is 21.4 Å². The van der Waals surface area contributed by atoms with E-state index in [0.29, 0.717) is 0 Å². The lowest BCUT2D eigenvalue weighted by molar-refractivity contribution is 0.698. The highest BCUT2D eigenvalue weighted by atomic mass is 14.8. The van der Waals surface area contributed by atoms with Crippen molar-refractivity contribution in [2.45, 2.75) is 26.2 Å². The molecule has 0 aliphatic carbocycles. The third-order valence-electron chi connectivity index (χ3n) is 2.12. The van der Waals surface area contributed by atoms with Gasteiger partial charge in [0.25, 0.3) is 0 Å². The first-order valence-electron chi connectivity index (χ1n) is 4.94. The predicted molar refractivity (Wildman–Crippen MR) is 58.3 cm³/mol. The van der Waals surface area contributed by atoms with Crippen LogP contribution in [0.5, 0.6) is 0 Å². The summed E-state index contributed by atoms with van der Waals surface area (Å²) >= 11 is 0. The second kappa shape index (κ2) is 5.72. The van der Waals surface area contributed by atoms with Crippen molar-refractivity contribution in [1.29, 1.82) is 10.5 Å². The van der Waals surface area contributed by atoms with E-state index in [0.717, 1.165) is 19.3 Å². The molecule has 0 fully saturated rings. The molecule has 0 unspecified atom stereocenters. The van der Waals surface area contributed by atoms with Crippen LogP contribution in [0.1, 0.15) is 26.2 Å². The lowest BCUT2D eigenvalue weighted by Crippen LogP contribution is -2.02. The average Bonchev–Trinajstić information content (AvgIpc) is 2.47. The van der Waals surface area contributed by atoms with E-state index in [-0.39, 0.29) is 17.3 Å². The van der Waals surface area contributed by atoms with Gasteiger partial charge in [-0.2, -0.15) is 10.5 Å². The predicted octanol–water partition coefficient (Wildman–Crippen LogP) is 2.21. The Labute approximate surface area is 89.3 Å². The number of allylic oxidation sites excluding steroid dienone is 2. The highest BCUT2D eigenvalue weighted by molar-refractivity contribution is 5.86. The molecule has 4 heteroatoms. The van der Waals surface area contributed by atoms with Crippen LogP contribution in [0, 0.1) is 28.6 Å². The second-order valence-corrected chi connectivity index (χ2v) is 3.28. The lowest BCUT2D eigenvalue weighted by Gasteiger charge is -2.01. The van der Waals surface area contributed by atoms with E-state index < -0.39 is 0 Å². The highest BCUT2D eigenvalue weighted by Gasteiger charge is 2.10. The van der Waals surface area contributed by atoms with Crippen molar-refractivity contribution >= 4 is 12.4 Å². The van der Waals surface area contributed by atoms with Gasteiger partial charge in [0.2, 0.25) is 0 Å². The van der Waals surface area contributed by atoms with Crippen molar-refractivity contribution < 1.29 is 0 Å². The maximum Gasteiger partial charge on any atom is 0.176 e. The molecule has 0 aromatic rings. The van der Waals surface area contributed by atoms with Gasteiger partial charge in [0.15, 0.2) is 11.4 Å². The third kappa shape index (κ3) is 3.03. The van der Waals surface area contributed by atoms with Crippen molar-refractivity contribution in [1.82, 2.24) is 0 Å². The Bertz CT molecular complexity index is 356. The second-order valence-electron chi connectivity index (χ2n) is 3.28. The molecule has 0 saturated heterocycles. The zero-order valence-electron chi connectivity index (χ0n) is 8.64. The number of rotatable bonds is 3. The van der Waals surface area contributed by atoms with E-state index in [4.69, 9.17) is 10.5 Å². The first-order chi connectivity index (χ1) is 7.31. The fraction of sp³-hybridized carbons (Fsp3) is 0.455. The van der Waals surface area contributed by atoms with Crippen molar-refractivity contribution in [2.24, 2.45) is 15.9 Å². The molecular formula is C11H12N4. The summed E-state index contributed by atoms with van der Waals surface area (Å²) in [6.07, 6.45) is 6.55. The van der Waals surface area contributed by atoms with Crippen molar-refractivity contribution in [3.8, 4) is 12.1 Å². The van der Waals surface area contributed by atoms with Gasteiger partial charge in [0.1, 0.15) is 12.1 Å². The molecule has 0 aromatic carbocycles. The van der Waals surface area contributed by atoms with Gasteiger partial charge in [-0.3, -0.25) is 0 Å². The van der Waals surface area contributed by atoms with Gasteiger partial charge in [-0.25, -0.2) is 9.98 Å². The van der Waals surface area contributed by atoms with Crippen LogP contribution in [-0.4, -0.2) is 12.4 Å². The maximum absolute atomic E-state index is 8.73. The van der Waals surface area contributed by atoms with Crippen LogP contribution < -0.4 is 0 Å². The molecule has 76 valence electrons. The Morgan fingerprint density at radius 3 is 2.13 bits per heavy atom. The summed E-state index contributed by atoms with van der Waals surface area (Å²) in [5.74, 6) is 0.138. The van der Waals surface area contributed by atoms with Gasteiger partial charge in [-0.05, 0) is 6.42 Å². The van der Waals surface area contributed by atoms with Gasteiger partial charge in [0, 0.05) is 18.3 Å². The molecular weight excluding hydrogens is 188 g/mol. The van der Waals surface area contributed by atoms with Crippen LogP contribution in [0.25, 0.3) is 0 Å². The van der Waals surface area contributed by atoms with E-state index in [9.17, 15) is 0 Å². The fourth-order valence-corrected chi connectivity index (χ4v) is 1.25. The zero-order valence-corrected chi connectivity index (χ0v) is 8.64. The van der Waals surface area contributed by atoms with Crippen molar-refractivity contribution in [3.05, 3.63) is 11.4 Å². The molecule has 0 amide bonds. The Kier molecular flexibility index (Phi) is 4.25. The molecule has 0 atom stereocenters. The minimum Gasteiger partial charge on any atom is -0.246 e. The number of nitrogens with zero attached hydrogens (tertiary/aromatic N) is 4. The van der Waals surface area contributed by atoms with Gasteiger partial charge in [0.05, 0.1) is 0 Å². The Hall–Kier alpha value is -1.94. The largest absolute Gasteiger partial charge is 0.246 e. The summed E-state index contributed by atoms with van der Waals surface area (Å²) in [5.41, 5.74) is 0.209.